The van der Waals surface area contributed by atoms with Crippen molar-refractivity contribution in [2.45, 2.75) is 13.0 Å². The Bertz CT molecular complexity index is 595. The number of aromatic nitrogens is 2. The number of anilines is 1. The molecule has 2 aromatic rings. The first-order valence-corrected chi connectivity index (χ1v) is 6.81. The van der Waals surface area contributed by atoms with Gasteiger partial charge in [-0.1, -0.05) is 0 Å². The highest BCUT2D eigenvalue weighted by Crippen LogP contribution is 2.19. The molecular formula is C16H20N4O. The van der Waals surface area contributed by atoms with Crippen LogP contribution in [0.1, 0.15) is 29.0 Å². The third-order valence-electron chi connectivity index (χ3n) is 3.56. The van der Waals surface area contributed by atoms with Crippen LogP contribution in [0.2, 0.25) is 0 Å². The van der Waals surface area contributed by atoms with E-state index in [0.717, 1.165) is 11.4 Å². The van der Waals surface area contributed by atoms with Gasteiger partial charge >= 0.3 is 0 Å². The van der Waals surface area contributed by atoms with Gasteiger partial charge in [-0.05, 0) is 37.3 Å². The minimum atomic E-state index is -0.103. The van der Waals surface area contributed by atoms with Crippen LogP contribution in [0.4, 0.5) is 5.69 Å². The standard InChI is InChI=1S/C16H20N4O/c1-12(15-9-10-17-11-18-15)20(4)16(21)13-5-7-14(8-6-13)19(2)3/h5-12H,1-4H3/t12-/m1/s1. The van der Waals surface area contributed by atoms with E-state index < -0.39 is 0 Å². The van der Waals surface area contributed by atoms with Gasteiger partial charge in [-0.15, -0.1) is 0 Å². The van der Waals surface area contributed by atoms with Crippen LogP contribution in [0.25, 0.3) is 0 Å². The van der Waals surface area contributed by atoms with Gasteiger partial charge in [0.25, 0.3) is 5.91 Å². The molecule has 1 heterocycles. The predicted octanol–water partition coefficient (Wildman–Crippen LogP) is 2.38. The van der Waals surface area contributed by atoms with E-state index in [1.807, 2.05) is 56.3 Å². The lowest BCUT2D eigenvalue weighted by Crippen LogP contribution is -2.30. The van der Waals surface area contributed by atoms with Crippen LogP contribution in [0, 0.1) is 0 Å². The van der Waals surface area contributed by atoms with Gasteiger partial charge in [0.1, 0.15) is 6.33 Å². The minimum Gasteiger partial charge on any atom is -0.378 e. The molecule has 0 N–H and O–H groups in total. The number of amides is 1. The highest BCUT2D eigenvalue weighted by molar-refractivity contribution is 5.94. The zero-order valence-corrected chi connectivity index (χ0v) is 12.8. The Morgan fingerprint density at radius 1 is 1.10 bits per heavy atom. The highest BCUT2D eigenvalue weighted by atomic mass is 16.2. The average Bonchev–Trinajstić information content (AvgIpc) is 2.53. The molecule has 0 aliphatic carbocycles. The molecule has 0 spiro atoms. The number of hydrogen-bond acceptors (Lipinski definition) is 4. The van der Waals surface area contributed by atoms with Gasteiger partial charge in [0, 0.05) is 38.6 Å². The van der Waals surface area contributed by atoms with Crippen LogP contribution in [0.3, 0.4) is 0 Å². The van der Waals surface area contributed by atoms with Crippen molar-refractivity contribution in [3.8, 4) is 0 Å². The minimum absolute atomic E-state index is 0.0218. The molecule has 1 aromatic carbocycles. The smallest absolute Gasteiger partial charge is 0.254 e. The van der Waals surface area contributed by atoms with E-state index in [1.165, 1.54) is 6.33 Å². The molecule has 0 fully saturated rings. The predicted molar refractivity (Wildman–Crippen MR) is 83.3 cm³/mol. The van der Waals surface area contributed by atoms with Gasteiger partial charge in [-0.25, -0.2) is 9.97 Å². The van der Waals surface area contributed by atoms with Crippen LogP contribution >= 0.6 is 0 Å². The third kappa shape index (κ3) is 3.37. The van der Waals surface area contributed by atoms with Crippen LogP contribution in [0.15, 0.2) is 42.9 Å². The average molecular weight is 284 g/mol. The van der Waals surface area contributed by atoms with E-state index in [0.29, 0.717) is 5.56 Å². The summed E-state index contributed by atoms with van der Waals surface area (Å²) in [6.07, 6.45) is 3.18. The summed E-state index contributed by atoms with van der Waals surface area (Å²) in [6.45, 7) is 1.95. The third-order valence-corrected chi connectivity index (χ3v) is 3.56. The monoisotopic (exact) mass is 284 g/mol. The lowest BCUT2D eigenvalue weighted by Gasteiger charge is -2.24. The summed E-state index contributed by atoms with van der Waals surface area (Å²) in [6, 6.07) is 9.30. The summed E-state index contributed by atoms with van der Waals surface area (Å²) >= 11 is 0. The molecule has 1 amide bonds. The maximum absolute atomic E-state index is 12.5. The maximum Gasteiger partial charge on any atom is 0.254 e. The van der Waals surface area contributed by atoms with Crippen molar-refractivity contribution >= 4 is 11.6 Å². The molecule has 0 bridgehead atoms. The highest BCUT2D eigenvalue weighted by Gasteiger charge is 2.19. The largest absolute Gasteiger partial charge is 0.378 e. The Hall–Kier alpha value is -2.43. The van der Waals surface area contributed by atoms with Gasteiger partial charge in [0.2, 0.25) is 0 Å². The Labute approximate surface area is 125 Å². The number of benzene rings is 1. The van der Waals surface area contributed by atoms with E-state index in [4.69, 9.17) is 0 Å². The first-order chi connectivity index (χ1) is 10.0. The van der Waals surface area contributed by atoms with Crippen molar-refractivity contribution < 1.29 is 4.79 Å². The lowest BCUT2D eigenvalue weighted by molar-refractivity contribution is 0.0739. The molecule has 0 aliphatic rings. The van der Waals surface area contributed by atoms with E-state index in [9.17, 15) is 4.79 Å². The fourth-order valence-electron chi connectivity index (χ4n) is 2.03. The first kappa shape index (κ1) is 15.0. The molecule has 1 aromatic heterocycles. The lowest BCUT2D eigenvalue weighted by atomic mass is 10.1. The first-order valence-electron chi connectivity index (χ1n) is 6.81. The SMILES string of the molecule is C[C@H](c1ccncn1)N(C)C(=O)c1ccc(N(C)C)cc1. The zero-order valence-electron chi connectivity index (χ0n) is 12.8. The Kier molecular flexibility index (Phi) is 4.52. The second-order valence-corrected chi connectivity index (χ2v) is 5.17. The molecule has 0 saturated heterocycles. The summed E-state index contributed by atoms with van der Waals surface area (Å²) < 4.78 is 0. The van der Waals surface area contributed by atoms with Gasteiger partial charge in [0.15, 0.2) is 0 Å². The molecule has 5 nitrogen and oxygen atoms in total. The Morgan fingerprint density at radius 2 is 1.76 bits per heavy atom. The molecule has 0 radical (unpaired) electrons. The number of carbonyl (C=O) groups is 1. The molecule has 110 valence electrons. The summed E-state index contributed by atoms with van der Waals surface area (Å²) in [4.78, 5) is 24.3. The number of hydrogen-bond donors (Lipinski definition) is 0. The summed E-state index contributed by atoms with van der Waals surface area (Å²) in [5, 5.41) is 0. The van der Waals surface area contributed by atoms with E-state index >= 15 is 0 Å². The van der Waals surface area contributed by atoms with Crippen LogP contribution < -0.4 is 4.90 Å². The van der Waals surface area contributed by atoms with Crippen molar-refractivity contribution in [1.29, 1.82) is 0 Å². The number of carbonyl (C=O) groups excluding carboxylic acids is 1. The quantitative estimate of drug-likeness (QED) is 0.865. The van der Waals surface area contributed by atoms with Crippen molar-refractivity contribution in [2.75, 3.05) is 26.0 Å². The topological polar surface area (TPSA) is 49.3 Å². The van der Waals surface area contributed by atoms with E-state index in [2.05, 4.69) is 9.97 Å². The van der Waals surface area contributed by atoms with Crippen molar-refractivity contribution in [3.05, 3.63) is 54.1 Å². The second-order valence-electron chi connectivity index (χ2n) is 5.17. The summed E-state index contributed by atoms with van der Waals surface area (Å²) in [7, 11) is 5.73. The van der Waals surface area contributed by atoms with Crippen LogP contribution in [-0.4, -0.2) is 41.9 Å². The molecule has 21 heavy (non-hydrogen) atoms. The molecule has 0 saturated carbocycles. The maximum atomic E-state index is 12.5. The second kappa shape index (κ2) is 6.35. The van der Waals surface area contributed by atoms with Gasteiger partial charge in [-0.3, -0.25) is 4.79 Å². The molecule has 2 rings (SSSR count). The molecule has 0 unspecified atom stereocenters. The number of rotatable bonds is 4. The summed E-state index contributed by atoms with van der Waals surface area (Å²) in [5.74, 6) is -0.0218. The van der Waals surface area contributed by atoms with Crippen LogP contribution in [-0.2, 0) is 0 Å². The van der Waals surface area contributed by atoms with Gasteiger partial charge in [0.05, 0.1) is 11.7 Å². The zero-order chi connectivity index (χ0) is 15.4. The van der Waals surface area contributed by atoms with E-state index in [-0.39, 0.29) is 11.9 Å². The Balaban J connectivity index is 2.15. The Morgan fingerprint density at radius 3 is 2.29 bits per heavy atom. The number of nitrogens with zero attached hydrogens (tertiary/aromatic N) is 4. The van der Waals surface area contributed by atoms with Gasteiger partial charge < -0.3 is 9.80 Å². The van der Waals surface area contributed by atoms with E-state index in [1.54, 1.807) is 18.1 Å². The van der Waals surface area contributed by atoms with Crippen LogP contribution in [0.5, 0.6) is 0 Å². The van der Waals surface area contributed by atoms with Crippen molar-refractivity contribution in [2.24, 2.45) is 0 Å². The van der Waals surface area contributed by atoms with Crippen molar-refractivity contribution in [3.63, 3.8) is 0 Å². The molecule has 0 aliphatic heterocycles. The van der Waals surface area contributed by atoms with Gasteiger partial charge in [-0.2, -0.15) is 0 Å². The molecule has 1 atom stereocenters. The fourth-order valence-corrected chi connectivity index (χ4v) is 2.03. The summed E-state index contributed by atoms with van der Waals surface area (Å²) in [5.41, 5.74) is 2.56. The normalized spacial score (nSPS) is 11.8. The molecular weight excluding hydrogens is 264 g/mol. The fraction of sp³-hybridized carbons (Fsp3) is 0.312. The molecule has 5 heteroatoms. The van der Waals surface area contributed by atoms with Crippen molar-refractivity contribution in [1.82, 2.24) is 14.9 Å².